The third-order valence-electron chi connectivity index (χ3n) is 5.01. The van der Waals surface area contributed by atoms with Crippen LogP contribution in [-0.2, 0) is 4.74 Å². The molecule has 0 aromatic heterocycles. The topological polar surface area (TPSA) is 120 Å². The molecule has 0 bridgehead atoms. The zero-order valence-electron chi connectivity index (χ0n) is 16.3. The maximum Gasteiger partial charge on any atom is 0.229 e. The molecule has 0 unspecified atom stereocenters. The number of aromatic hydroxyl groups is 1. The number of aliphatic hydroxyl groups is 4. The number of allylic oxidation sites excluding steroid dienone is 2. The van der Waals surface area contributed by atoms with Crippen LogP contribution in [0.1, 0.15) is 17.0 Å². The molecule has 3 rings (SSSR count). The number of phenolic OH excluding ortho intramolecular Hbond substituents is 1. The van der Waals surface area contributed by atoms with Gasteiger partial charge in [-0.3, -0.25) is 0 Å². The van der Waals surface area contributed by atoms with Gasteiger partial charge in [-0.15, -0.1) is 6.58 Å². The number of rotatable bonds is 7. The summed E-state index contributed by atoms with van der Waals surface area (Å²) in [6.07, 6.45) is -0.903. The molecular formula is C23H26O7. The van der Waals surface area contributed by atoms with Gasteiger partial charge in [0.25, 0.3) is 0 Å². The quantitative estimate of drug-likeness (QED) is 0.436. The van der Waals surface area contributed by atoms with Crippen LogP contribution in [0.25, 0.3) is 6.08 Å². The Morgan fingerprint density at radius 3 is 2.23 bits per heavy atom. The molecule has 0 amide bonds. The number of aliphatic hydroxyl groups excluding tert-OH is 4. The van der Waals surface area contributed by atoms with Gasteiger partial charge in [-0.25, -0.2) is 0 Å². The minimum Gasteiger partial charge on any atom is -0.508 e. The van der Waals surface area contributed by atoms with Crippen LogP contribution in [0.2, 0.25) is 0 Å². The van der Waals surface area contributed by atoms with Crippen LogP contribution in [0.3, 0.4) is 0 Å². The second kappa shape index (κ2) is 9.88. The summed E-state index contributed by atoms with van der Waals surface area (Å²) in [5.41, 5.74) is 1.91. The molecular weight excluding hydrogens is 388 g/mol. The van der Waals surface area contributed by atoms with E-state index in [2.05, 4.69) is 6.58 Å². The molecule has 1 aliphatic heterocycles. The summed E-state index contributed by atoms with van der Waals surface area (Å²) in [7, 11) is 0. The normalized spacial score (nSPS) is 27.7. The Kier molecular flexibility index (Phi) is 7.25. The molecule has 0 radical (unpaired) electrons. The minimum absolute atomic E-state index is 0.0179. The third-order valence-corrected chi connectivity index (χ3v) is 5.01. The molecule has 1 aliphatic rings. The van der Waals surface area contributed by atoms with E-state index in [1.165, 1.54) is 0 Å². The smallest absolute Gasteiger partial charge is 0.229 e. The second-order valence-electron chi connectivity index (χ2n) is 7.10. The van der Waals surface area contributed by atoms with Crippen molar-refractivity contribution in [2.75, 3.05) is 6.61 Å². The zero-order valence-corrected chi connectivity index (χ0v) is 16.3. The van der Waals surface area contributed by atoms with E-state index in [-0.39, 0.29) is 11.7 Å². The Hall–Kier alpha value is -2.68. The van der Waals surface area contributed by atoms with Gasteiger partial charge in [0, 0.05) is 5.92 Å². The highest BCUT2D eigenvalue weighted by atomic mass is 16.7. The predicted molar refractivity (Wildman–Crippen MR) is 111 cm³/mol. The highest BCUT2D eigenvalue weighted by molar-refractivity contribution is 5.53. The molecule has 1 heterocycles. The Morgan fingerprint density at radius 1 is 0.967 bits per heavy atom. The molecule has 7 nitrogen and oxygen atoms in total. The average Bonchev–Trinajstić information content (AvgIpc) is 2.76. The van der Waals surface area contributed by atoms with Gasteiger partial charge in [-0.05, 0) is 35.4 Å². The van der Waals surface area contributed by atoms with Crippen LogP contribution in [0.4, 0.5) is 0 Å². The summed E-state index contributed by atoms with van der Waals surface area (Å²) < 4.78 is 10.9. The highest BCUT2D eigenvalue weighted by Gasteiger charge is 2.44. The summed E-state index contributed by atoms with van der Waals surface area (Å²) in [6, 6.07) is 13.9. The van der Waals surface area contributed by atoms with Crippen molar-refractivity contribution in [2.45, 2.75) is 36.6 Å². The monoisotopic (exact) mass is 414 g/mol. The lowest BCUT2D eigenvalue weighted by Gasteiger charge is -2.39. The van der Waals surface area contributed by atoms with E-state index >= 15 is 0 Å². The molecule has 160 valence electrons. The third kappa shape index (κ3) is 5.08. The fourth-order valence-corrected chi connectivity index (χ4v) is 3.19. The maximum absolute atomic E-state index is 10.1. The van der Waals surface area contributed by atoms with E-state index < -0.39 is 37.3 Å². The largest absolute Gasteiger partial charge is 0.508 e. The second-order valence-corrected chi connectivity index (χ2v) is 7.10. The van der Waals surface area contributed by atoms with Gasteiger partial charge < -0.3 is 35.0 Å². The van der Waals surface area contributed by atoms with E-state index in [0.717, 1.165) is 11.1 Å². The zero-order chi connectivity index (χ0) is 21.7. The van der Waals surface area contributed by atoms with Crippen molar-refractivity contribution in [3.63, 3.8) is 0 Å². The first-order chi connectivity index (χ1) is 14.4. The summed E-state index contributed by atoms with van der Waals surface area (Å²) in [4.78, 5) is 0. The van der Waals surface area contributed by atoms with Crippen LogP contribution in [0.5, 0.6) is 11.5 Å². The molecule has 0 spiro atoms. The summed E-state index contributed by atoms with van der Waals surface area (Å²) in [5.74, 6) is 0.589. The first-order valence-corrected chi connectivity index (χ1v) is 9.60. The molecule has 6 atom stereocenters. The van der Waals surface area contributed by atoms with Crippen LogP contribution in [-0.4, -0.2) is 62.8 Å². The van der Waals surface area contributed by atoms with Gasteiger partial charge in [0.2, 0.25) is 6.29 Å². The molecule has 7 heteroatoms. The van der Waals surface area contributed by atoms with Crippen LogP contribution in [0.15, 0.2) is 67.3 Å². The fourth-order valence-electron chi connectivity index (χ4n) is 3.19. The van der Waals surface area contributed by atoms with Crippen LogP contribution >= 0.6 is 0 Å². The Bertz CT molecular complexity index is 845. The lowest BCUT2D eigenvalue weighted by Crippen LogP contribution is -2.60. The van der Waals surface area contributed by atoms with E-state index in [1.807, 2.05) is 36.4 Å². The summed E-state index contributed by atoms with van der Waals surface area (Å²) in [6.45, 7) is 3.34. The summed E-state index contributed by atoms with van der Waals surface area (Å²) in [5, 5.41) is 48.4. The Balaban J connectivity index is 1.65. The molecule has 1 fully saturated rings. The number of ether oxygens (including phenoxy) is 2. The van der Waals surface area contributed by atoms with Crippen molar-refractivity contribution in [2.24, 2.45) is 0 Å². The van der Waals surface area contributed by atoms with Gasteiger partial charge in [-0.2, -0.15) is 0 Å². The van der Waals surface area contributed by atoms with Gasteiger partial charge >= 0.3 is 0 Å². The van der Waals surface area contributed by atoms with Gasteiger partial charge in [0.15, 0.2) is 0 Å². The SMILES string of the molecule is C=C[C@@H](C=Cc1ccc(O[C@@H]2O[C@H](CO)[C@@H](O)[C@H](O)[C@H]2O)cc1)c1ccc(O)cc1. The van der Waals surface area contributed by atoms with Crippen LogP contribution in [0, 0.1) is 0 Å². The standard InChI is InChI=1S/C23H26O7/c1-2-15(16-7-9-17(25)10-8-16)6-3-14-4-11-18(12-5-14)29-23-22(28)21(27)20(26)19(13-24)30-23/h2-12,15,19-28H,1,13H2/t15-,19+,20+,21-,22+,23+/m0/s1. The summed E-state index contributed by atoms with van der Waals surface area (Å²) >= 11 is 0. The number of hydrogen-bond acceptors (Lipinski definition) is 7. The highest BCUT2D eigenvalue weighted by Crippen LogP contribution is 2.26. The molecule has 0 saturated carbocycles. The van der Waals surface area contributed by atoms with Gasteiger partial charge in [-0.1, -0.05) is 42.5 Å². The van der Waals surface area contributed by atoms with E-state index in [4.69, 9.17) is 9.47 Å². The van der Waals surface area contributed by atoms with Gasteiger partial charge in [0.1, 0.15) is 35.9 Å². The van der Waals surface area contributed by atoms with Crippen molar-refractivity contribution in [3.05, 3.63) is 78.4 Å². The molecule has 0 aliphatic carbocycles. The van der Waals surface area contributed by atoms with E-state index in [0.29, 0.717) is 5.75 Å². The molecule has 30 heavy (non-hydrogen) atoms. The molecule has 1 saturated heterocycles. The van der Waals surface area contributed by atoms with Crippen molar-refractivity contribution >= 4 is 6.08 Å². The first kappa shape index (κ1) is 22.0. The fraction of sp³-hybridized carbons (Fsp3) is 0.304. The Morgan fingerprint density at radius 2 is 1.63 bits per heavy atom. The maximum atomic E-state index is 10.1. The van der Waals surface area contributed by atoms with Crippen molar-refractivity contribution in [1.29, 1.82) is 0 Å². The molecule has 2 aromatic rings. The average molecular weight is 414 g/mol. The number of benzene rings is 2. The Labute approximate surface area is 174 Å². The van der Waals surface area contributed by atoms with Crippen LogP contribution < -0.4 is 4.74 Å². The number of phenols is 1. The van der Waals surface area contributed by atoms with Crippen molar-refractivity contribution in [1.82, 2.24) is 0 Å². The lowest BCUT2D eigenvalue weighted by molar-refractivity contribution is -0.277. The van der Waals surface area contributed by atoms with E-state index in [9.17, 15) is 25.5 Å². The van der Waals surface area contributed by atoms with E-state index in [1.54, 1.807) is 30.3 Å². The number of hydrogen-bond donors (Lipinski definition) is 5. The molecule has 5 N–H and O–H groups in total. The minimum atomic E-state index is -1.49. The van der Waals surface area contributed by atoms with Gasteiger partial charge in [0.05, 0.1) is 6.61 Å². The predicted octanol–water partition coefficient (Wildman–Crippen LogP) is 1.55. The van der Waals surface area contributed by atoms with Crippen molar-refractivity contribution in [3.8, 4) is 11.5 Å². The lowest BCUT2D eigenvalue weighted by atomic mass is 9.98. The first-order valence-electron chi connectivity index (χ1n) is 9.60. The molecule has 2 aromatic carbocycles. The van der Waals surface area contributed by atoms with Crippen molar-refractivity contribution < 1.29 is 35.0 Å².